The largest absolute Gasteiger partial charge is 0.495 e. The lowest BCUT2D eigenvalue weighted by molar-refractivity contribution is 0.102. The SMILES string of the molecule is COc1ccc(C)cc1NC(=O)c1ccc(Nc2ccc3c(c2)OCO3)nn1. The molecule has 4 rings (SSSR count). The van der Waals surface area contributed by atoms with Gasteiger partial charge in [0.1, 0.15) is 5.75 Å². The van der Waals surface area contributed by atoms with Crippen molar-refractivity contribution in [3.63, 3.8) is 0 Å². The third kappa shape index (κ3) is 3.66. The van der Waals surface area contributed by atoms with Gasteiger partial charge in [0.15, 0.2) is 23.0 Å². The maximum Gasteiger partial charge on any atom is 0.276 e. The van der Waals surface area contributed by atoms with Gasteiger partial charge in [0.2, 0.25) is 6.79 Å². The highest BCUT2D eigenvalue weighted by Crippen LogP contribution is 2.34. The Morgan fingerprint density at radius 1 is 1.04 bits per heavy atom. The molecule has 0 saturated heterocycles. The summed E-state index contributed by atoms with van der Waals surface area (Å²) >= 11 is 0. The number of fused-ring (bicyclic) bond motifs is 1. The summed E-state index contributed by atoms with van der Waals surface area (Å²) in [5, 5.41) is 14.0. The normalized spacial score (nSPS) is 11.8. The van der Waals surface area contributed by atoms with Crippen LogP contribution in [0.1, 0.15) is 16.1 Å². The molecule has 2 N–H and O–H groups in total. The molecule has 142 valence electrons. The topological polar surface area (TPSA) is 94.6 Å². The van der Waals surface area contributed by atoms with E-state index >= 15 is 0 Å². The summed E-state index contributed by atoms with van der Waals surface area (Å²) in [6.07, 6.45) is 0. The van der Waals surface area contributed by atoms with E-state index in [1.807, 2.05) is 37.3 Å². The molecule has 28 heavy (non-hydrogen) atoms. The lowest BCUT2D eigenvalue weighted by Gasteiger charge is -2.11. The van der Waals surface area contributed by atoms with Gasteiger partial charge in [0.25, 0.3) is 5.91 Å². The molecule has 1 aromatic heterocycles. The van der Waals surface area contributed by atoms with Crippen LogP contribution >= 0.6 is 0 Å². The maximum atomic E-state index is 12.5. The fraction of sp³-hybridized carbons (Fsp3) is 0.150. The van der Waals surface area contributed by atoms with Crippen molar-refractivity contribution < 1.29 is 19.0 Å². The van der Waals surface area contributed by atoms with Crippen LogP contribution in [0, 0.1) is 6.92 Å². The van der Waals surface area contributed by atoms with E-state index in [1.54, 1.807) is 25.3 Å². The summed E-state index contributed by atoms with van der Waals surface area (Å²) in [7, 11) is 1.55. The number of carbonyl (C=O) groups is 1. The number of aromatic nitrogens is 2. The number of methoxy groups -OCH3 is 1. The van der Waals surface area contributed by atoms with Gasteiger partial charge in [-0.15, -0.1) is 10.2 Å². The van der Waals surface area contributed by atoms with Crippen LogP contribution in [-0.2, 0) is 0 Å². The predicted octanol–water partition coefficient (Wildman–Crippen LogP) is 3.52. The van der Waals surface area contributed by atoms with Crippen LogP contribution in [0.4, 0.5) is 17.2 Å². The van der Waals surface area contributed by atoms with Crippen molar-refractivity contribution in [2.45, 2.75) is 6.92 Å². The molecule has 2 heterocycles. The van der Waals surface area contributed by atoms with Crippen LogP contribution in [-0.4, -0.2) is 30.0 Å². The quantitative estimate of drug-likeness (QED) is 0.701. The van der Waals surface area contributed by atoms with Crippen molar-refractivity contribution in [2.75, 3.05) is 24.5 Å². The average Bonchev–Trinajstić information content (AvgIpc) is 3.16. The number of amides is 1. The second-order valence-electron chi connectivity index (χ2n) is 6.15. The summed E-state index contributed by atoms with van der Waals surface area (Å²) in [6.45, 7) is 2.15. The van der Waals surface area contributed by atoms with Gasteiger partial charge < -0.3 is 24.8 Å². The van der Waals surface area contributed by atoms with Gasteiger partial charge in [-0.05, 0) is 48.9 Å². The number of nitrogens with zero attached hydrogens (tertiary/aromatic N) is 2. The average molecular weight is 378 g/mol. The van der Waals surface area contributed by atoms with Crippen molar-refractivity contribution in [1.82, 2.24) is 10.2 Å². The molecule has 0 unspecified atom stereocenters. The van der Waals surface area contributed by atoms with Crippen LogP contribution in [0.5, 0.6) is 17.2 Å². The Morgan fingerprint density at radius 3 is 2.68 bits per heavy atom. The van der Waals surface area contributed by atoms with Crippen molar-refractivity contribution >= 4 is 23.1 Å². The predicted molar refractivity (Wildman–Crippen MR) is 104 cm³/mol. The Bertz CT molecular complexity index is 1020. The van der Waals surface area contributed by atoms with Crippen molar-refractivity contribution in [3.8, 4) is 17.2 Å². The number of anilines is 3. The molecular weight excluding hydrogens is 360 g/mol. The first-order chi connectivity index (χ1) is 13.6. The Balaban J connectivity index is 1.46. The van der Waals surface area contributed by atoms with E-state index in [9.17, 15) is 4.79 Å². The number of aryl methyl sites for hydroxylation is 1. The molecule has 0 bridgehead atoms. The van der Waals surface area contributed by atoms with E-state index in [0.717, 1.165) is 11.3 Å². The second-order valence-corrected chi connectivity index (χ2v) is 6.15. The molecule has 3 aromatic rings. The van der Waals surface area contributed by atoms with E-state index in [1.165, 1.54) is 0 Å². The molecule has 2 aromatic carbocycles. The number of benzene rings is 2. The number of rotatable bonds is 5. The van der Waals surface area contributed by atoms with E-state index in [2.05, 4.69) is 20.8 Å². The van der Waals surface area contributed by atoms with Crippen molar-refractivity contribution in [3.05, 3.63) is 59.8 Å². The van der Waals surface area contributed by atoms with E-state index in [-0.39, 0.29) is 18.4 Å². The Hall–Kier alpha value is -3.81. The summed E-state index contributed by atoms with van der Waals surface area (Å²) in [5.41, 5.74) is 2.56. The molecule has 1 amide bonds. The smallest absolute Gasteiger partial charge is 0.276 e. The van der Waals surface area contributed by atoms with Gasteiger partial charge >= 0.3 is 0 Å². The molecule has 0 saturated carbocycles. The summed E-state index contributed by atoms with van der Waals surface area (Å²) in [6, 6.07) is 14.3. The van der Waals surface area contributed by atoms with Crippen molar-refractivity contribution in [2.24, 2.45) is 0 Å². The van der Waals surface area contributed by atoms with Gasteiger partial charge in [0, 0.05) is 11.8 Å². The number of hydrogen-bond acceptors (Lipinski definition) is 7. The molecule has 0 aliphatic carbocycles. The number of nitrogens with one attached hydrogen (secondary N) is 2. The summed E-state index contributed by atoms with van der Waals surface area (Å²) in [5.74, 6) is 2.08. The Kier molecular flexibility index (Phi) is 4.67. The zero-order chi connectivity index (χ0) is 19.5. The van der Waals surface area contributed by atoms with Gasteiger partial charge in [-0.3, -0.25) is 4.79 Å². The monoisotopic (exact) mass is 378 g/mol. The van der Waals surface area contributed by atoms with Crippen molar-refractivity contribution in [1.29, 1.82) is 0 Å². The zero-order valence-corrected chi connectivity index (χ0v) is 15.4. The molecule has 0 atom stereocenters. The van der Waals surface area contributed by atoms with E-state index in [4.69, 9.17) is 14.2 Å². The first kappa shape index (κ1) is 17.6. The van der Waals surface area contributed by atoms with Crippen LogP contribution in [0.25, 0.3) is 0 Å². The van der Waals surface area contributed by atoms with Crippen LogP contribution in [0.3, 0.4) is 0 Å². The molecule has 0 spiro atoms. The fourth-order valence-corrected chi connectivity index (χ4v) is 2.75. The molecule has 8 nitrogen and oxygen atoms in total. The first-order valence-electron chi connectivity index (χ1n) is 8.59. The molecule has 8 heteroatoms. The minimum Gasteiger partial charge on any atom is -0.495 e. The van der Waals surface area contributed by atoms with Gasteiger partial charge in [-0.2, -0.15) is 0 Å². The van der Waals surface area contributed by atoms with Gasteiger partial charge in [-0.25, -0.2) is 0 Å². The molecule has 0 fully saturated rings. The highest BCUT2D eigenvalue weighted by atomic mass is 16.7. The zero-order valence-electron chi connectivity index (χ0n) is 15.4. The van der Waals surface area contributed by atoms with E-state index in [0.29, 0.717) is 28.8 Å². The van der Waals surface area contributed by atoms with Crippen LogP contribution < -0.4 is 24.8 Å². The molecule has 1 aliphatic heterocycles. The lowest BCUT2D eigenvalue weighted by atomic mass is 10.2. The standard InChI is InChI=1S/C20H18N4O4/c1-12-3-6-16(26-2)15(9-12)22-20(25)14-5-8-19(24-23-14)21-13-4-7-17-18(10-13)28-11-27-17/h3-10H,11H2,1-2H3,(H,21,24)(H,22,25). The Morgan fingerprint density at radius 2 is 1.89 bits per heavy atom. The number of ether oxygens (including phenoxy) is 3. The minimum absolute atomic E-state index is 0.194. The molecule has 1 aliphatic rings. The van der Waals surface area contributed by atoms with Crippen LogP contribution in [0.15, 0.2) is 48.5 Å². The molecule has 0 radical (unpaired) electrons. The number of carbonyl (C=O) groups excluding carboxylic acids is 1. The van der Waals surface area contributed by atoms with Crippen LogP contribution in [0.2, 0.25) is 0 Å². The van der Waals surface area contributed by atoms with Gasteiger partial charge in [0.05, 0.1) is 12.8 Å². The first-order valence-corrected chi connectivity index (χ1v) is 8.59. The fourth-order valence-electron chi connectivity index (χ4n) is 2.75. The maximum absolute atomic E-state index is 12.5. The highest BCUT2D eigenvalue weighted by molar-refractivity contribution is 6.03. The third-order valence-corrected chi connectivity index (χ3v) is 4.15. The third-order valence-electron chi connectivity index (χ3n) is 4.15. The number of hydrogen-bond donors (Lipinski definition) is 2. The molecular formula is C20H18N4O4. The summed E-state index contributed by atoms with van der Waals surface area (Å²) in [4.78, 5) is 12.5. The minimum atomic E-state index is -0.369. The Labute approximate surface area is 161 Å². The lowest BCUT2D eigenvalue weighted by Crippen LogP contribution is -2.15. The highest BCUT2D eigenvalue weighted by Gasteiger charge is 2.14. The second kappa shape index (κ2) is 7.43. The summed E-state index contributed by atoms with van der Waals surface area (Å²) < 4.78 is 15.9. The van der Waals surface area contributed by atoms with E-state index < -0.39 is 0 Å². The van der Waals surface area contributed by atoms with Gasteiger partial charge in [-0.1, -0.05) is 6.07 Å².